The number of rotatable bonds is 13. The molecule has 1 aromatic heterocycles. The Kier molecular flexibility index (Phi) is 10.5. The summed E-state index contributed by atoms with van der Waals surface area (Å²) in [4.78, 5) is 12.5. The van der Waals surface area contributed by atoms with E-state index in [2.05, 4.69) is 70.4 Å². The third-order valence-electron chi connectivity index (χ3n) is 7.32. The molecule has 0 radical (unpaired) electrons. The Morgan fingerprint density at radius 3 is 2.44 bits per heavy atom. The molecular formula is C35H35ClN4O2S. The Labute approximate surface area is 262 Å². The fourth-order valence-corrected chi connectivity index (χ4v) is 6.13. The fourth-order valence-electron chi connectivity index (χ4n) is 5.03. The molecule has 6 nitrogen and oxygen atoms in total. The maximum Gasteiger partial charge on any atom is 0.255 e. The smallest absolute Gasteiger partial charge is 0.255 e. The average molecular weight is 611 g/mol. The van der Waals surface area contributed by atoms with Gasteiger partial charge in [0.15, 0.2) is 5.16 Å². The minimum atomic E-state index is -0.269. The highest BCUT2D eigenvalue weighted by molar-refractivity contribution is 7.98. The molecule has 0 aliphatic rings. The molecule has 1 amide bonds. The monoisotopic (exact) mass is 610 g/mol. The Hall–Kier alpha value is -4.07. The average Bonchev–Trinajstić information content (AvgIpc) is 3.44. The highest BCUT2D eigenvalue weighted by atomic mass is 35.5. The van der Waals surface area contributed by atoms with Gasteiger partial charge in [-0.25, -0.2) is 0 Å². The lowest BCUT2D eigenvalue weighted by Crippen LogP contribution is -2.24. The van der Waals surface area contributed by atoms with Gasteiger partial charge in [0, 0.05) is 23.2 Å². The summed E-state index contributed by atoms with van der Waals surface area (Å²) in [6, 6.07) is 33.4. The van der Waals surface area contributed by atoms with Gasteiger partial charge in [0.25, 0.3) is 5.91 Å². The number of hydrogen-bond acceptors (Lipinski definition) is 5. The highest BCUT2D eigenvalue weighted by Gasteiger charge is 2.23. The molecule has 2 N–H and O–H groups in total. The molecule has 8 heteroatoms. The first kappa shape index (κ1) is 30.4. The number of hydrogen-bond donors (Lipinski definition) is 2. The molecule has 0 fully saturated rings. The van der Waals surface area contributed by atoms with E-state index in [-0.39, 0.29) is 23.1 Å². The molecule has 1 heterocycles. The Bertz CT molecular complexity index is 1640. The molecule has 0 saturated heterocycles. The van der Waals surface area contributed by atoms with E-state index in [1.807, 2.05) is 30.3 Å². The summed E-state index contributed by atoms with van der Waals surface area (Å²) in [5.74, 6) is 1.49. The second-order valence-corrected chi connectivity index (χ2v) is 12.0. The summed E-state index contributed by atoms with van der Waals surface area (Å²) < 4.78 is 2.15. The quantitative estimate of drug-likeness (QED) is 0.104. The van der Waals surface area contributed by atoms with Crippen molar-refractivity contribution in [3.05, 3.63) is 136 Å². The van der Waals surface area contributed by atoms with E-state index >= 15 is 0 Å². The van der Waals surface area contributed by atoms with Crippen molar-refractivity contribution in [2.45, 2.75) is 49.4 Å². The van der Waals surface area contributed by atoms with Crippen molar-refractivity contribution in [2.75, 3.05) is 6.54 Å². The minimum absolute atomic E-state index is 0.0145. The van der Waals surface area contributed by atoms with Crippen molar-refractivity contribution in [3.63, 3.8) is 0 Å². The van der Waals surface area contributed by atoms with Crippen LogP contribution in [0.1, 0.15) is 58.1 Å². The number of aromatic nitrogens is 3. The molecule has 0 aliphatic carbocycles. The van der Waals surface area contributed by atoms with Gasteiger partial charge in [-0.2, -0.15) is 0 Å². The number of halogens is 1. The number of benzene rings is 4. The van der Waals surface area contributed by atoms with E-state index in [1.54, 1.807) is 30.0 Å². The number of unbranched alkanes of at least 4 members (excludes halogenated alkanes) is 1. The number of para-hydroxylation sites is 1. The lowest BCUT2D eigenvalue weighted by molar-refractivity contribution is 0.0950. The molecule has 220 valence electrons. The number of nitrogens with one attached hydrogen (secondary N) is 1. The summed E-state index contributed by atoms with van der Waals surface area (Å²) in [6.07, 6.45) is 3.35. The standard InChI is InChI=1S/C35H35ClN4O2S/c1-25-17-19-27(20-18-25)24-43-35-39-38-33(40(35)30-14-9-13-29(36)23-30)28(22-26-10-3-2-4-11-26)12-7-8-21-37-34(42)31-15-5-6-16-32(31)41/h2-6,9-11,13-20,23,28,41H,7-8,12,21-22,24H2,1H3,(H,37,42). The number of aromatic hydroxyl groups is 1. The van der Waals surface area contributed by atoms with Crippen LogP contribution in [0, 0.1) is 6.92 Å². The third kappa shape index (κ3) is 8.27. The van der Waals surface area contributed by atoms with E-state index in [4.69, 9.17) is 16.7 Å². The van der Waals surface area contributed by atoms with Gasteiger partial charge < -0.3 is 10.4 Å². The van der Waals surface area contributed by atoms with Gasteiger partial charge in [-0.1, -0.05) is 108 Å². The number of phenols is 1. The summed E-state index contributed by atoms with van der Waals surface area (Å²) in [5.41, 5.74) is 4.92. The van der Waals surface area contributed by atoms with Crippen molar-refractivity contribution in [1.29, 1.82) is 0 Å². The van der Waals surface area contributed by atoms with Gasteiger partial charge in [-0.05, 0) is 67.6 Å². The van der Waals surface area contributed by atoms with Crippen LogP contribution in [-0.4, -0.2) is 32.3 Å². The maximum atomic E-state index is 12.5. The van der Waals surface area contributed by atoms with Crippen LogP contribution in [-0.2, 0) is 12.2 Å². The van der Waals surface area contributed by atoms with Gasteiger partial charge in [0.05, 0.1) is 11.3 Å². The third-order valence-corrected chi connectivity index (χ3v) is 8.55. The molecule has 5 aromatic rings. The minimum Gasteiger partial charge on any atom is -0.507 e. The Morgan fingerprint density at radius 1 is 0.907 bits per heavy atom. The van der Waals surface area contributed by atoms with Crippen molar-refractivity contribution in [3.8, 4) is 11.4 Å². The molecule has 0 spiro atoms. The van der Waals surface area contributed by atoms with Crippen molar-refractivity contribution >= 4 is 29.3 Å². The Morgan fingerprint density at radius 2 is 1.67 bits per heavy atom. The molecule has 0 saturated carbocycles. The lowest BCUT2D eigenvalue weighted by atomic mass is 9.93. The summed E-state index contributed by atoms with van der Waals surface area (Å²) in [7, 11) is 0. The van der Waals surface area contributed by atoms with Gasteiger partial charge in [-0.3, -0.25) is 9.36 Å². The predicted octanol–water partition coefficient (Wildman–Crippen LogP) is 8.15. The molecule has 0 aliphatic heterocycles. The summed E-state index contributed by atoms with van der Waals surface area (Å²) in [5, 5.41) is 23.9. The number of thioether (sulfide) groups is 1. The zero-order chi connectivity index (χ0) is 30.0. The van der Waals surface area contributed by atoms with Crippen LogP contribution in [0.5, 0.6) is 5.75 Å². The van der Waals surface area contributed by atoms with E-state index in [1.165, 1.54) is 22.8 Å². The zero-order valence-electron chi connectivity index (χ0n) is 24.1. The number of amides is 1. The van der Waals surface area contributed by atoms with E-state index in [9.17, 15) is 9.90 Å². The number of carbonyl (C=O) groups excluding carboxylic acids is 1. The number of carbonyl (C=O) groups is 1. The second kappa shape index (κ2) is 14.9. The van der Waals surface area contributed by atoms with Gasteiger partial charge in [0.2, 0.25) is 0 Å². The molecule has 43 heavy (non-hydrogen) atoms. The van der Waals surface area contributed by atoms with Crippen LogP contribution < -0.4 is 5.32 Å². The SMILES string of the molecule is Cc1ccc(CSc2nnc(C(CCCCNC(=O)c3ccccc3O)Cc3ccccc3)n2-c2cccc(Cl)c2)cc1. The number of phenolic OH excluding ortho intramolecular Hbond substituents is 1. The predicted molar refractivity (Wildman–Crippen MR) is 174 cm³/mol. The van der Waals surface area contributed by atoms with Crippen molar-refractivity contribution in [2.24, 2.45) is 0 Å². The fraction of sp³-hybridized carbons (Fsp3) is 0.229. The molecule has 4 aromatic carbocycles. The highest BCUT2D eigenvalue weighted by Crippen LogP contribution is 2.33. The molecular weight excluding hydrogens is 576 g/mol. The number of nitrogens with zero attached hydrogens (tertiary/aromatic N) is 3. The maximum absolute atomic E-state index is 12.5. The van der Waals surface area contributed by atoms with Crippen LogP contribution >= 0.6 is 23.4 Å². The second-order valence-electron chi connectivity index (χ2n) is 10.6. The molecule has 0 bridgehead atoms. The van der Waals surface area contributed by atoms with Gasteiger partial charge >= 0.3 is 0 Å². The molecule has 5 rings (SSSR count). The Balaban J connectivity index is 1.35. The first-order chi connectivity index (χ1) is 21.0. The van der Waals surface area contributed by atoms with Crippen LogP contribution in [0.4, 0.5) is 0 Å². The van der Waals surface area contributed by atoms with E-state index in [0.717, 1.165) is 48.1 Å². The van der Waals surface area contributed by atoms with Gasteiger partial charge in [-0.15, -0.1) is 10.2 Å². The van der Waals surface area contributed by atoms with Crippen molar-refractivity contribution in [1.82, 2.24) is 20.1 Å². The first-order valence-corrected chi connectivity index (χ1v) is 15.8. The van der Waals surface area contributed by atoms with Crippen LogP contribution in [0.3, 0.4) is 0 Å². The van der Waals surface area contributed by atoms with Gasteiger partial charge in [0.1, 0.15) is 11.6 Å². The topological polar surface area (TPSA) is 80.0 Å². The normalized spacial score (nSPS) is 11.8. The van der Waals surface area contributed by atoms with E-state index in [0.29, 0.717) is 11.6 Å². The molecule has 1 unspecified atom stereocenters. The molecule has 1 atom stereocenters. The zero-order valence-corrected chi connectivity index (χ0v) is 25.7. The van der Waals surface area contributed by atoms with Crippen LogP contribution in [0.2, 0.25) is 5.02 Å². The van der Waals surface area contributed by atoms with Crippen LogP contribution in [0.15, 0.2) is 108 Å². The van der Waals surface area contributed by atoms with Crippen molar-refractivity contribution < 1.29 is 9.90 Å². The number of aryl methyl sites for hydroxylation is 1. The first-order valence-electron chi connectivity index (χ1n) is 14.5. The van der Waals surface area contributed by atoms with E-state index < -0.39 is 0 Å². The summed E-state index contributed by atoms with van der Waals surface area (Å²) >= 11 is 8.11. The van der Waals surface area contributed by atoms with Crippen LogP contribution in [0.25, 0.3) is 5.69 Å². The largest absolute Gasteiger partial charge is 0.507 e. The summed E-state index contributed by atoms with van der Waals surface area (Å²) in [6.45, 7) is 2.61. The lowest BCUT2D eigenvalue weighted by Gasteiger charge is -2.19.